The summed E-state index contributed by atoms with van der Waals surface area (Å²) in [5, 5.41) is 0. The predicted octanol–water partition coefficient (Wildman–Crippen LogP) is 6.74. The first-order valence-electron chi connectivity index (χ1n) is 13.3. The van der Waals surface area contributed by atoms with Crippen molar-refractivity contribution < 1.29 is 23.8 Å². The maximum absolute atomic E-state index is 12.9. The molecule has 4 rings (SSSR count). The van der Waals surface area contributed by atoms with Gasteiger partial charge in [-0.25, -0.2) is 4.79 Å². The maximum atomic E-state index is 12.9. The van der Waals surface area contributed by atoms with Gasteiger partial charge in [-0.3, -0.25) is 4.79 Å². The first-order valence-corrected chi connectivity index (χ1v) is 13.3. The van der Waals surface area contributed by atoms with Crippen LogP contribution < -0.4 is 0 Å². The number of hydrogen-bond donors (Lipinski definition) is 0. The topological polar surface area (TPSA) is 65.1 Å². The lowest BCUT2D eigenvalue weighted by Crippen LogP contribution is -2.43. The van der Waals surface area contributed by atoms with Gasteiger partial charge in [0.2, 0.25) is 0 Å². The molecule has 2 aromatic carbocycles. The van der Waals surface area contributed by atoms with Crippen LogP contribution in [0.25, 0.3) is 0 Å². The Kier molecular flexibility index (Phi) is 8.65. The van der Waals surface area contributed by atoms with Crippen LogP contribution in [0, 0.1) is 11.8 Å². The molecule has 0 aliphatic carbocycles. The lowest BCUT2D eigenvalue weighted by Gasteiger charge is -2.33. The Morgan fingerprint density at radius 3 is 2.27 bits per heavy atom. The van der Waals surface area contributed by atoms with Crippen molar-refractivity contribution in [2.45, 2.75) is 76.8 Å². The molecule has 5 nitrogen and oxygen atoms in total. The van der Waals surface area contributed by atoms with Crippen LogP contribution in [-0.2, 0) is 23.8 Å². The van der Waals surface area contributed by atoms with Gasteiger partial charge in [-0.05, 0) is 55.7 Å². The quantitative estimate of drug-likeness (QED) is 0.0998. The molecule has 0 radical (unpaired) electrons. The van der Waals surface area contributed by atoms with Crippen molar-refractivity contribution in [1.82, 2.24) is 0 Å². The summed E-state index contributed by atoms with van der Waals surface area (Å²) >= 11 is 0. The summed E-state index contributed by atoms with van der Waals surface area (Å²) in [4.78, 5) is 24.3. The summed E-state index contributed by atoms with van der Waals surface area (Å²) in [6.45, 7) is 10.0. The van der Waals surface area contributed by atoms with E-state index in [1.807, 2.05) is 67.6 Å². The van der Waals surface area contributed by atoms with Gasteiger partial charge in [0.15, 0.2) is 6.10 Å². The van der Waals surface area contributed by atoms with E-state index in [1.54, 1.807) is 12.2 Å². The monoisotopic (exact) mass is 502 g/mol. The molecule has 2 aromatic rings. The summed E-state index contributed by atoms with van der Waals surface area (Å²) in [6.07, 6.45) is 7.77. The summed E-state index contributed by atoms with van der Waals surface area (Å²) < 4.78 is 17.2. The summed E-state index contributed by atoms with van der Waals surface area (Å²) in [5.74, 6) is -0.152. The van der Waals surface area contributed by atoms with E-state index >= 15 is 0 Å². The highest BCUT2D eigenvalue weighted by Crippen LogP contribution is 2.46. The average molecular weight is 503 g/mol. The van der Waals surface area contributed by atoms with Crippen LogP contribution in [0.5, 0.6) is 0 Å². The molecular weight excluding hydrogens is 464 g/mol. The van der Waals surface area contributed by atoms with Crippen molar-refractivity contribution in [2.75, 3.05) is 0 Å². The van der Waals surface area contributed by atoms with Crippen molar-refractivity contribution >= 4 is 11.9 Å². The van der Waals surface area contributed by atoms with E-state index in [4.69, 9.17) is 14.2 Å². The van der Waals surface area contributed by atoms with Gasteiger partial charge in [0.05, 0.1) is 5.60 Å². The molecule has 196 valence electrons. The fraction of sp³-hybridized carbons (Fsp3) is 0.438. The van der Waals surface area contributed by atoms with Crippen molar-refractivity contribution in [2.24, 2.45) is 11.8 Å². The number of rotatable bonds is 13. The molecule has 0 N–H and O–H groups in total. The number of hydrogen-bond acceptors (Lipinski definition) is 5. The van der Waals surface area contributed by atoms with Gasteiger partial charge in [0.25, 0.3) is 0 Å². The van der Waals surface area contributed by atoms with E-state index in [0.717, 1.165) is 48.8 Å². The number of benzene rings is 2. The van der Waals surface area contributed by atoms with Crippen LogP contribution >= 0.6 is 0 Å². The summed E-state index contributed by atoms with van der Waals surface area (Å²) in [7, 11) is 0. The van der Waals surface area contributed by atoms with E-state index in [1.165, 1.54) is 0 Å². The Bertz CT molecular complexity index is 1070. The largest absolute Gasteiger partial charge is 0.461 e. The van der Waals surface area contributed by atoms with E-state index in [0.29, 0.717) is 5.92 Å². The first-order chi connectivity index (χ1) is 17.8. The van der Waals surface area contributed by atoms with Gasteiger partial charge in [0.1, 0.15) is 18.1 Å². The zero-order valence-corrected chi connectivity index (χ0v) is 22.1. The van der Waals surface area contributed by atoms with Gasteiger partial charge in [-0.2, -0.15) is 0 Å². The molecule has 0 bridgehead atoms. The molecule has 2 saturated heterocycles. The number of ether oxygens (including phenoxy) is 3. The van der Waals surface area contributed by atoms with Gasteiger partial charge < -0.3 is 14.2 Å². The molecule has 2 fully saturated rings. The molecule has 37 heavy (non-hydrogen) atoms. The van der Waals surface area contributed by atoms with Crippen LogP contribution in [0.1, 0.15) is 70.1 Å². The minimum absolute atomic E-state index is 0.00453. The lowest BCUT2D eigenvalue weighted by molar-refractivity contribution is -0.179. The highest BCUT2D eigenvalue weighted by molar-refractivity contribution is 5.83. The molecule has 2 aliphatic rings. The Balaban J connectivity index is 1.26. The molecule has 5 unspecified atom stereocenters. The van der Waals surface area contributed by atoms with Gasteiger partial charge in [0, 0.05) is 6.08 Å². The molecule has 5 heteroatoms. The summed E-state index contributed by atoms with van der Waals surface area (Å²) in [6, 6.07) is 19.6. The second-order valence-corrected chi connectivity index (χ2v) is 10.7. The Morgan fingerprint density at radius 2 is 1.70 bits per heavy atom. The highest BCUT2D eigenvalue weighted by atomic mass is 16.6. The van der Waals surface area contributed by atoms with Crippen molar-refractivity contribution in [3.05, 3.63) is 96.1 Å². The minimum atomic E-state index is -0.462. The van der Waals surface area contributed by atoms with Crippen LogP contribution in [0.2, 0.25) is 0 Å². The van der Waals surface area contributed by atoms with Crippen LogP contribution in [-0.4, -0.2) is 29.7 Å². The molecule has 0 amide bonds. The normalized spacial score (nSPS) is 25.7. The smallest absolute Gasteiger partial charge is 0.331 e. The molecule has 0 saturated carbocycles. The zero-order valence-electron chi connectivity index (χ0n) is 22.1. The number of unbranched alkanes of at least 4 members (excludes halogenated alkanes) is 1. The van der Waals surface area contributed by atoms with Crippen LogP contribution in [0.15, 0.2) is 85.0 Å². The first kappa shape index (κ1) is 26.9. The third-order valence-corrected chi connectivity index (χ3v) is 7.47. The average Bonchev–Trinajstić information content (AvgIpc) is 3.56. The number of esters is 2. The van der Waals surface area contributed by atoms with Crippen molar-refractivity contribution in [1.29, 1.82) is 0 Å². The molecule has 0 spiro atoms. The van der Waals surface area contributed by atoms with Gasteiger partial charge in [-0.15, -0.1) is 6.58 Å². The number of cyclic esters (lactones) is 1. The van der Waals surface area contributed by atoms with Crippen LogP contribution in [0.4, 0.5) is 0 Å². The number of epoxide rings is 1. The molecule has 0 aromatic heterocycles. The molecule has 2 heterocycles. The fourth-order valence-corrected chi connectivity index (χ4v) is 5.46. The maximum Gasteiger partial charge on any atom is 0.331 e. The second-order valence-electron chi connectivity index (χ2n) is 10.7. The van der Waals surface area contributed by atoms with Crippen molar-refractivity contribution in [3.63, 3.8) is 0 Å². The van der Waals surface area contributed by atoms with E-state index in [-0.39, 0.29) is 35.7 Å². The summed E-state index contributed by atoms with van der Waals surface area (Å²) in [5.41, 5.74) is 2.51. The molecule has 5 atom stereocenters. The highest BCUT2D eigenvalue weighted by Gasteiger charge is 2.53. The minimum Gasteiger partial charge on any atom is -0.461 e. The molecular formula is C32H38O5. The third-order valence-electron chi connectivity index (χ3n) is 7.47. The Hall–Kier alpha value is -3.18. The third kappa shape index (κ3) is 6.78. The SMILES string of the molecule is C=CC1C(=O)OC1CCCCC(C)CC1(C)OC1C(C)=CC(=O)OC(c1ccccc1)c1ccccc1. The van der Waals surface area contributed by atoms with Crippen LogP contribution in [0.3, 0.4) is 0 Å². The van der Waals surface area contributed by atoms with E-state index in [2.05, 4.69) is 20.4 Å². The standard InChI is InChI=1S/C32H38O5/c1-5-26-27(35-31(26)34)19-13-12-14-22(2)21-32(4)30(37-32)23(3)20-28(33)36-29(24-15-8-6-9-16-24)25-17-10-7-11-18-25/h5-11,15-18,20,22,26-27,29-30H,1,12-14,19,21H2,2-4H3. The number of carbonyl (C=O) groups is 2. The van der Waals surface area contributed by atoms with E-state index in [9.17, 15) is 9.59 Å². The lowest BCUT2D eigenvalue weighted by atomic mass is 9.87. The number of carbonyl (C=O) groups excluding carboxylic acids is 2. The van der Waals surface area contributed by atoms with Gasteiger partial charge in [-0.1, -0.05) is 86.5 Å². The zero-order chi connectivity index (χ0) is 26.4. The van der Waals surface area contributed by atoms with Gasteiger partial charge >= 0.3 is 11.9 Å². The Labute approximate surface area is 220 Å². The Morgan fingerprint density at radius 1 is 1.08 bits per heavy atom. The second kappa shape index (κ2) is 11.9. The predicted molar refractivity (Wildman–Crippen MR) is 144 cm³/mol. The molecule has 2 aliphatic heterocycles. The van der Waals surface area contributed by atoms with Crippen molar-refractivity contribution in [3.8, 4) is 0 Å². The fourth-order valence-electron chi connectivity index (χ4n) is 5.46. The van der Waals surface area contributed by atoms with E-state index < -0.39 is 6.10 Å².